The van der Waals surface area contributed by atoms with Gasteiger partial charge in [-0.25, -0.2) is 9.97 Å². The van der Waals surface area contributed by atoms with Gasteiger partial charge in [-0.1, -0.05) is 18.9 Å². The molecule has 0 bridgehead atoms. The molecule has 1 saturated heterocycles. The molecule has 196 valence electrons. The molecule has 1 atom stereocenters. The molecule has 3 heterocycles. The fraction of sp³-hybridized carbons (Fsp3) is 0.379. The summed E-state index contributed by atoms with van der Waals surface area (Å²) in [6.07, 6.45) is 10.1. The molecule has 0 spiro atoms. The molecule has 2 aliphatic rings. The van der Waals surface area contributed by atoms with Gasteiger partial charge in [0, 0.05) is 55.4 Å². The van der Waals surface area contributed by atoms with Crippen molar-refractivity contribution < 1.29 is 4.79 Å². The number of terminal acetylenes is 1. The summed E-state index contributed by atoms with van der Waals surface area (Å²) in [5, 5.41) is 9.22. The van der Waals surface area contributed by atoms with E-state index in [-0.39, 0.29) is 12.5 Å². The lowest BCUT2D eigenvalue weighted by molar-refractivity contribution is 0.0959. The van der Waals surface area contributed by atoms with E-state index in [1.807, 2.05) is 18.2 Å². The van der Waals surface area contributed by atoms with Crippen molar-refractivity contribution >= 4 is 34.9 Å². The summed E-state index contributed by atoms with van der Waals surface area (Å²) >= 11 is 0. The zero-order valence-corrected chi connectivity index (χ0v) is 22.0. The van der Waals surface area contributed by atoms with Crippen LogP contribution in [0.4, 0.5) is 29.0 Å². The smallest absolute Gasteiger partial charge is 0.257 e. The summed E-state index contributed by atoms with van der Waals surface area (Å²) in [5.41, 5.74) is 4.77. The second-order valence-corrected chi connectivity index (χ2v) is 9.81. The van der Waals surface area contributed by atoms with E-state index in [4.69, 9.17) is 11.4 Å². The van der Waals surface area contributed by atoms with Gasteiger partial charge in [0.2, 0.25) is 5.95 Å². The molecule has 5 rings (SSSR count). The number of hydrogen-bond acceptors (Lipinski definition) is 8. The average molecular weight is 511 g/mol. The summed E-state index contributed by atoms with van der Waals surface area (Å²) in [6, 6.07) is 12.3. The zero-order valence-electron chi connectivity index (χ0n) is 22.0. The van der Waals surface area contributed by atoms with Crippen LogP contribution in [0.25, 0.3) is 0 Å². The van der Waals surface area contributed by atoms with Gasteiger partial charge in [-0.05, 0) is 62.2 Å². The number of aromatic nitrogens is 3. The van der Waals surface area contributed by atoms with Crippen LogP contribution in [-0.2, 0) is 6.42 Å². The van der Waals surface area contributed by atoms with Crippen molar-refractivity contribution in [2.45, 2.75) is 32.1 Å². The standard InChI is InChI=1S/C29H34N8O/c1-4-14-30-28(38)24-19-31-29(32-22-9-11-23(12-10-22)37-17-15-36(3)16-18-37)35-27(24)34-25-13-8-21-7-6-20(5-2)26(21)33-25/h1,8-13,19-20H,5-7,14-18H2,2-3H3,(H,30,38)(H2,31,32,33,34,35). The fourth-order valence-corrected chi connectivity index (χ4v) is 5.00. The Bertz CT molecular complexity index is 1330. The van der Waals surface area contributed by atoms with E-state index >= 15 is 0 Å². The highest BCUT2D eigenvalue weighted by molar-refractivity contribution is 5.99. The van der Waals surface area contributed by atoms with Gasteiger partial charge in [0.1, 0.15) is 17.2 Å². The van der Waals surface area contributed by atoms with E-state index in [0.29, 0.717) is 29.1 Å². The highest BCUT2D eigenvalue weighted by Crippen LogP contribution is 2.35. The van der Waals surface area contributed by atoms with Crippen LogP contribution in [0, 0.1) is 12.3 Å². The van der Waals surface area contributed by atoms with Crippen molar-refractivity contribution in [1.29, 1.82) is 0 Å². The molecule has 0 saturated carbocycles. The lowest BCUT2D eigenvalue weighted by Gasteiger charge is -2.34. The van der Waals surface area contributed by atoms with Gasteiger partial charge in [-0.2, -0.15) is 4.98 Å². The molecule has 1 aliphatic carbocycles. The molecular weight excluding hydrogens is 476 g/mol. The SMILES string of the molecule is C#CCNC(=O)c1cnc(Nc2ccc(N3CCN(C)CC3)cc2)nc1Nc1ccc2c(n1)C(CC)CC2. The Morgan fingerprint density at radius 3 is 2.61 bits per heavy atom. The number of anilines is 5. The molecule has 1 unspecified atom stereocenters. The number of hydrogen-bond donors (Lipinski definition) is 3. The second kappa shape index (κ2) is 11.5. The molecule has 1 aliphatic heterocycles. The lowest BCUT2D eigenvalue weighted by Crippen LogP contribution is -2.44. The molecule has 1 fully saturated rings. The number of nitrogens with zero attached hydrogens (tertiary/aromatic N) is 5. The first-order valence-electron chi connectivity index (χ1n) is 13.2. The first-order valence-corrected chi connectivity index (χ1v) is 13.2. The number of piperazine rings is 1. The van der Waals surface area contributed by atoms with Crippen molar-refractivity contribution in [2.75, 3.05) is 55.3 Å². The van der Waals surface area contributed by atoms with Crippen LogP contribution in [0.2, 0.25) is 0 Å². The van der Waals surface area contributed by atoms with E-state index in [0.717, 1.165) is 56.8 Å². The molecule has 1 amide bonds. The van der Waals surface area contributed by atoms with Gasteiger partial charge in [0.15, 0.2) is 0 Å². The highest BCUT2D eigenvalue weighted by Gasteiger charge is 2.23. The number of benzene rings is 1. The van der Waals surface area contributed by atoms with Crippen molar-refractivity contribution in [3.05, 3.63) is 59.4 Å². The molecule has 9 nitrogen and oxygen atoms in total. The van der Waals surface area contributed by atoms with E-state index in [9.17, 15) is 4.79 Å². The largest absolute Gasteiger partial charge is 0.369 e. The number of amides is 1. The Morgan fingerprint density at radius 2 is 1.87 bits per heavy atom. The molecule has 3 N–H and O–H groups in total. The van der Waals surface area contributed by atoms with Gasteiger partial charge in [-0.3, -0.25) is 4.79 Å². The molecule has 1 aromatic carbocycles. The van der Waals surface area contributed by atoms with Gasteiger partial charge in [0.25, 0.3) is 5.91 Å². The maximum Gasteiger partial charge on any atom is 0.257 e. The number of carbonyl (C=O) groups excluding carboxylic acids is 1. The minimum atomic E-state index is -0.346. The predicted octanol–water partition coefficient (Wildman–Crippen LogP) is 3.91. The molecule has 0 radical (unpaired) electrons. The van der Waals surface area contributed by atoms with Crippen LogP contribution < -0.4 is 20.9 Å². The number of likely N-dealkylation sites (N-methyl/N-ethyl adjacent to an activating group) is 1. The maximum absolute atomic E-state index is 12.8. The summed E-state index contributed by atoms with van der Waals surface area (Å²) in [6.45, 7) is 6.45. The van der Waals surface area contributed by atoms with E-state index in [2.05, 4.69) is 73.8 Å². The highest BCUT2D eigenvalue weighted by atomic mass is 16.1. The molecule has 9 heteroatoms. The van der Waals surface area contributed by atoms with Crippen molar-refractivity contribution in [1.82, 2.24) is 25.2 Å². The topological polar surface area (TPSA) is 98.3 Å². The molecule has 2 aromatic heterocycles. The first kappa shape index (κ1) is 25.5. The van der Waals surface area contributed by atoms with Crippen molar-refractivity contribution in [3.63, 3.8) is 0 Å². The summed E-state index contributed by atoms with van der Waals surface area (Å²) < 4.78 is 0. The quantitative estimate of drug-likeness (QED) is 0.393. The van der Waals surface area contributed by atoms with Crippen LogP contribution in [0.1, 0.15) is 47.3 Å². The van der Waals surface area contributed by atoms with Crippen LogP contribution >= 0.6 is 0 Å². The zero-order chi connectivity index (χ0) is 26.5. The molecular formula is C29H34N8O. The van der Waals surface area contributed by atoms with Gasteiger partial charge >= 0.3 is 0 Å². The third-order valence-corrected chi connectivity index (χ3v) is 7.28. The maximum atomic E-state index is 12.8. The molecule has 3 aromatic rings. The summed E-state index contributed by atoms with van der Waals surface area (Å²) in [7, 11) is 2.15. The van der Waals surface area contributed by atoms with E-state index in [1.165, 1.54) is 17.4 Å². The number of carbonyl (C=O) groups is 1. The summed E-state index contributed by atoms with van der Waals surface area (Å²) in [4.78, 5) is 31.4. The number of pyridine rings is 1. The van der Waals surface area contributed by atoms with Crippen LogP contribution in [-0.4, -0.2) is 65.5 Å². The number of nitrogens with one attached hydrogen (secondary N) is 3. The minimum Gasteiger partial charge on any atom is -0.369 e. The van der Waals surface area contributed by atoms with Crippen LogP contribution in [0.3, 0.4) is 0 Å². The monoisotopic (exact) mass is 510 g/mol. The number of aryl methyl sites for hydroxylation is 1. The lowest BCUT2D eigenvalue weighted by atomic mass is 10.0. The Labute approximate surface area is 224 Å². The molecule has 38 heavy (non-hydrogen) atoms. The Kier molecular flexibility index (Phi) is 7.70. The third kappa shape index (κ3) is 5.71. The summed E-state index contributed by atoms with van der Waals surface area (Å²) in [5.74, 6) is 3.93. The number of rotatable bonds is 8. The average Bonchev–Trinajstić information content (AvgIpc) is 3.35. The minimum absolute atomic E-state index is 0.118. The normalized spacial score (nSPS) is 17.0. The number of fused-ring (bicyclic) bond motifs is 1. The van der Waals surface area contributed by atoms with Crippen LogP contribution in [0.15, 0.2) is 42.6 Å². The van der Waals surface area contributed by atoms with Crippen LogP contribution in [0.5, 0.6) is 0 Å². The Balaban J connectivity index is 1.37. The Hall–Kier alpha value is -4.16. The predicted molar refractivity (Wildman–Crippen MR) is 152 cm³/mol. The first-order chi connectivity index (χ1) is 18.5. The van der Waals surface area contributed by atoms with E-state index in [1.54, 1.807) is 0 Å². The van der Waals surface area contributed by atoms with Gasteiger partial charge < -0.3 is 25.8 Å². The fourth-order valence-electron chi connectivity index (χ4n) is 5.00. The van der Waals surface area contributed by atoms with Crippen molar-refractivity contribution in [3.8, 4) is 12.3 Å². The van der Waals surface area contributed by atoms with Crippen molar-refractivity contribution in [2.24, 2.45) is 0 Å². The second-order valence-electron chi connectivity index (χ2n) is 9.81. The third-order valence-electron chi connectivity index (χ3n) is 7.28. The Morgan fingerprint density at radius 1 is 1.08 bits per heavy atom. The van der Waals surface area contributed by atoms with E-state index < -0.39 is 0 Å². The van der Waals surface area contributed by atoms with Gasteiger partial charge in [-0.15, -0.1) is 6.42 Å². The van der Waals surface area contributed by atoms with Gasteiger partial charge in [0.05, 0.1) is 6.54 Å².